The molecule has 3 aromatic carbocycles. The summed E-state index contributed by atoms with van der Waals surface area (Å²) in [4.78, 5) is 0. The minimum Gasteiger partial charge on any atom is -0.508 e. The third-order valence-electron chi connectivity index (χ3n) is 6.31. The Morgan fingerprint density at radius 3 is 1.71 bits per heavy atom. The van der Waals surface area contributed by atoms with Gasteiger partial charge in [0.05, 0.1) is 0 Å². The normalized spacial score (nSPS) is 13.4. The maximum absolute atomic E-state index is 9.83. The van der Waals surface area contributed by atoms with E-state index in [0.717, 1.165) is 39.2 Å². The molecule has 0 fully saturated rings. The van der Waals surface area contributed by atoms with Crippen LogP contribution in [0.3, 0.4) is 0 Å². The van der Waals surface area contributed by atoms with E-state index < -0.39 is 5.41 Å². The lowest BCUT2D eigenvalue weighted by atomic mass is 9.68. The van der Waals surface area contributed by atoms with E-state index in [1.807, 2.05) is 12.1 Å². The van der Waals surface area contributed by atoms with Gasteiger partial charge in [-0.15, -0.1) is 0 Å². The topological polar surface area (TPSA) is 72.3 Å². The number of hydrogen-bond donors (Lipinski definition) is 3. The van der Waals surface area contributed by atoms with Gasteiger partial charge in [0.2, 0.25) is 0 Å². The first-order valence-corrected chi connectivity index (χ1v) is 9.60. The molecule has 146 valence electrons. The zero-order chi connectivity index (χ0) is 20.8. The van der Waals surface area contributed by atoms with Crippen LogP contribution in [-0.2, 0) is 5.41 Å². The molecule has 0 saturated carbocycles. The molecule has 0 heterocycles. The predicted molar refractivity (Wildman–Crippen MR) is 119 cm³/mol. The number of nitrogen functional groups attached to an aromatic ring is 2. The Kier molecular flexibility index (Phi) is 4.88. The second-order valence-corrected chi connectivity index (χ2v) is 8.10. The van der Waals surface area contributed by atoms with Gasteiger partial charge in [0.15, 0.2) is 0 Å². The van der Waals surface area contributed by atoms with Gasteiger partial charge in [0, 0.05) is 16.8 Å². The van der Waals surface area contributed by atoms with Crippen LogP contribution in [-0.4, -0.2) is 5.11 Å². The molecule has 0 aliphatic heterocycles. The molecule has 3 aromatic rings. The van der Waals surface area contributed by atoms with Crippen molar-refractivity contribution >= 4 is 11.4 Å². The van der Waals surface area contributed by atoms with Crippen LogP contribution < -0.4 is 11.5 Å². The highest BCUT2D eigenvalue weighted by molar-refractivity contribution is 5.65. The number of benzene rings is 3. The maximum Gasteiger partial charge on any atom is 0.115 e. The molecular weight excluding hydrogens is 344 g/mol. The first kappa shape index (κ1) is 19.8. The summed E-state index contributed by atoms with van der Waals surface area (Å²) < 4.78 is 0. The summed E-state index contributed by atoms with van der Waals surface area (Å²) in [5.41, 5.74) is 22.8. The third kappa shape index (κ3) is 3.01. The van der Waals surface area contributed by atoms with Gasteiger partial charge in [-0.1, -0.05) is 30.3 Å². The molecule has 3 nitrogen and oxygen atoms in total. The Morgan fingerprint density at radius 1 is 0.679 bits per heavy atom. The van der Waals surface area contributed by atoms with E-state index in [1.165, 1.54) is 16.7 Å². The van der Waals surface area contributed by atoms with Crippen LogP contribution >= 0.6 is 0 Å². The van der Waals surface area contributed by atoms with E-state index in [9.17, 15) is 5.11 Å². The SMILES string of the molecule is Cc1cc(C(C)(c2ccc(O)cc2)c2cc(C)c(N)c(C)c2C)cc(C)c1N. The fourth-order valence-electron chi connectivity index (χ4n) is 4.16. The molecular formula is C25H30N2O. The number of nitrogens with two attached hydrogens (primary N) is 2. The Bertz CT molecular complexity index is 1030. The van der Waals surface area contributed by atoms with Crippen molar-refractivity contribution in [2.24, 2.45) is 0 Å². The fourth-order valence-corrected chi connectivity index (χ4v) is 4.16. The molecule has 5 N–H and O–H groups in total. The van der Waals surface area contributed by atoms with Crippen LogP contribution in [0.5, 0.6) is 5.75 Å². The lowest BCUT2D eigenvalue weighted by Crippen LogP contribution is -2.27. The van der Waals surface area contributed by atoms with Crippen LogP contribution in [0.2, 0.25) is 0 Å². The molecule has 0 saturated heterocycles. The summed E-state index contributed by atoms with van der Waals surface area (Å²) in [6.45, 7) is 12.6. The number of hydrogen-bond acceptors (Lipinski definition) is 3. The average Bonchev–Trinajstić information content (AvgIpc) is 2.66. The number of aromatic hydroxyl groups is 1. The molecule has 0 spiro atoms. The van der Waals surface area contributed by atoms with Crippen molar-refractivity contribution < 1.29 is 5.11 Å². The number of phenols is 1. The van der Waals surface area contributed by atoms with Crippen molar-refractivity contribution in [1.82, 2.24) is 0 Å². The van der Waals surface area contributed by atoms with Gasteiger partial charge in [-0.25, -0.2) is 0 Å². The van der Waals surface area contributed by atoms with Gasteiger partial charge in [-0.05, 0) is 98.2 Å². The second-order valence-electron chi connectivity index (χ2n) is 8.10. The Balaban J connectivity index is 2.42. The van der Waals surface area contributed by atoms with E-state index in [2.05, 4.69) is 59.7 Å². The largest absolute Gasteiger partial charge is 0.508 e. The molecule has 3 heteroatoms. The summed E-state index contributed by atoms with van der Waals surface area (Å²) >= 11 is 0. The number of aryl methyl sites for hydroxylation is 3. The molecule has 0 aliphatic carbocycles. The fraction of sp³-hybridized carbons (Fsp3) is 0.280. The molecule has 28 heavy (non-hydrogen) atoms. The molecule has 0 radical (unpaired) electrons. The third-order valence-corrected chi connectivity index (χ3v) is 6.31. The van der Waals surface area contributed by atoms with E-state index in [1.54, 1.807) is 12.1 Å². The summed E-state index contributed by atoms with van der Waals surface area (Å²) in [6, 6.07) is 14.0. The van der Waals surface area contributed by atoms with Crippen molar-refractivity contribution in [2.45, 2.75) is 47.0 Å². The van der Waals surface area contributed by atoms with Gasteiger partial charge < -0.3 is 16.6 Å². The summed E-state index contributed by atoms with van der Waals surface area (Å²) in [5, 5.41) is 9.83. The van der Waals surface area contributed by atoms with Crippen LogP contribution in [0.4, 0.5) is 11.4 Å². The molecule has 1 unspecified atom stereocenters. The van der Waals surface area contributed by atoms with Crippen molar-refractivity contribution in [3.05, 3.63) is 87.0 Å². The molecule has 0 bridgehead atoms. The lowest BCUT2D eigenvalue weighted by molar-refractivity contribution is 0.474. The monoisotopic (exact) mass is 374 g/mol. The van der Waals surface area contributed by atoms with E-state index >= 15 is 0 Å². The number of anilines is 2. The first-order valence-electron chi connectivity index (χ1n) is 9.60. The standard InChI is InChI=1S/C25H30N2O/c1-14-11-20(12-15(2)23(14)26)25(6,19-7-9-21(28)10-8-19)22-13-16(3)24(27)18(5)17(22)4/h7-13,28H,26-27H2,1-6H3. The molecule has 3 rings (SSSR count). The molecule has 0 aromatic heterocycles. The summed E-state index contributed by atoms with van der Waals surface area (Å²) in [5.74, 6) is 0.261. The molecule has 1 atom stereocenters. The van der Waals surface area contributed by atoms with Gasteiger partial charge >= 0.3 is 0 Å². The molecule has 0 amide bonds. The van der Waals surface area contributed by atoms with Crippen LogP contribution in [0.1, 0.15) is 51.4 Å². The van der Waals surface area contributed by atoms with E-state index in [4.69, 9.17) is 11.5 Å². The molecule has 0 aliphatic rings. The van der Waals surface area contributed by atoms with Gasteiger partial charge in [0.25, 0.3) is 0 Å². The Morgan fingerprint density at radius 2 is 1.18 bits per heavy atom. The van der Waals surface area contributed by atoms with E-state index in [0.29, 0.717) is 0 Å². The van der Waals surface area contributed by atoms with Crippen molar-refractivity contribution in [3.63, 3.8) is 0 Å². The highest BCUT2D eigenvalue weighted by atomic mass is 16.3. The number of rotatable bonds is 3. The van der Waals surface area contributed by atoms with Gasteiger partial charge in [-0.2, -0.15) is 0 Å². The minimum atomic E-state index is -0.412. The highest BCUT2D eigenvalue weighted by Gasteiger charge is 2.34. The van der Waals surface area contributed by atoms with Crippen molar-refractivity contribution in [3.8, 4) is 5.75 Å². The van der Waals surface area contributed by atoms with Crippen molar-refractivity contribution in [1.29, 1.82) is 0 Å². The van der Waals surface area contributed by atoms with Crippen LogP contribution in [0, 0.1) is 34.6 Å². The average molecular weight is 375 g/mol. The van der Waals surface area contributed by atoms with Crippen LogP contribution in [0.25, 0.3) is 0 Å². The van der Waals surface area contributed by atoms with Crippen molar-refractivity contribution in [2.75, 3.05) is 11.5 Å². The zero-order valence-electron chi connectivity index (χ0n) is 17.6. The minimum absolute atomic E-state index is 0.261. The quantitative estimate of drug-likeness (QED) is 0.421. The highest BCUT2D eigenvalue weighted by Crippen LogP contribution is 2.44. The number of phenolic OH excluding ortho intramolecular Hbond substituents is 1. The zero-order valence-corrected chi connectivity index (χ0v) is 17.6. The Labute approximate surface area is 168 Å². The lowest BCUT2D eigenvalue weighted by Gasteiger charge is -2.35. The summed E-state index contributed by atoms with van der Waals surface area (Å²) in [7, 11) is 0. The first-order chi connectivity index (χ1) is 13.1. The van der Waals surface area contributed by atoms with Gasteiger partial charge in [0.1, 0.15) is 5.75 Å². The van der Waals surface area contributed by atoms with Gasteiger partial charge in [-0.3, -0.25) is 0 Å². The Hall–Kier alpha value is -2.94. The predicted octanol–water partition coefficient (Wildman–Crippen LogP) is 5.45. The van der Waals surface area contributed by atoms with Crippen LogP contribution in [0.15, 0.2) is 42.5 Å². The second kappa shape index (κ2) is 6.90. The smallest absolute Gasteiger partial charge is 0.115 e. The summed E-state index contributed by atoms with van der Waals surface area (Å²) in [6.07, 6.45) is 0. The maximum atomic E-state index is 9.83. The van der Waals surface area contributed by atoms with E-state index in [-0.39, 0.29) is 5.75 Å².